The summed E-state index contributed by atoms with van der Waals surface area (Å²) < 4.78 is 28.8. The third-order valence-electron chi connectivity index (χ3n) is 4.29. The molecule has 140 valence electrons. The molecule has 1 aliphatic carbocycles. The van der Waals surface area contributed by atoms with E-state index in [9.17, 15) is 4.79 Å². The normalized spacial score (nSPS) is 21.0. The van der Waals surface area contributed by atoms with Crippen molar-refractivity contribution >= 4 is 5.78 Å². The molecule has 1 atom stereocenters. The molecule has 25 heavy (non-hydrogen) atoms. The number of methoxy groups -OCH3 is 1. The van der Waals surface area contributed by atoms with E-state index in [1.165, 1.54) is 0 Å². The molecule has 1 aromatic rings. The highest BCUT2D eigenvalue weighted by molar-refractivity contribution is 6.01. The van der Waals surface area contributed by atoms with Gasteiger partial charge in [0.05, 0.1) is 7.11 Å². The number of carbonyl (C=O) groups excluding carboxylic acids is 1. The minimum Gasteiger partial charge on any atom is -0.497 e. The van der Waals surface area contributed by atoms with Crippen molar-refractivity contribution in [2.45, 2.75) is 45.2 Å². The molecule has 0 aliphatic heterocycles. The molecule has 1 fully saturated rings. The van der Waals surface area contributed by atoms with Crippen LogP contribution in [0, 0.1) is 0 Å². The van der Waals surface area contributed by atoms with Crippen molar-refractivity contribution in [1.82, 2.24) is 0 Å². The Hall–Kier alpha value is -1.47. The van der Waals surface area contributed by atoms with Crippen LogP contribution in [0.15, 0.2) is 24.3 Å². The number of carbonyl (C=O) groups is 1. The van der Waals surface area contributed by atoms with Gasteiger partial charge in [-0.15, -0.1) is 0 Å². The summed E-state index contributed by atoms with van der Waals surface area (Å²) in [5.41, 5.74) is 0.780. The predicted molar refractivity (Wildman–Crippen MR) is 92.7 cm³/mol. The van der Waals surface area contributed by atoms with Gasteiger partial charge < -0.3 is 23.7 Å². The molecule has 1 saturated carbocycles. The van der Waals surface area contributed by atoms with E-state index in [4.69, 9.17) is 23.7 Å². The molecule has 0 bridgehead atoms. The molecule has 0 saturated heterocycles. The van der Waals surface area contributed by atoms with Crippen molar-refractivity contribution in [1.29, 1.82) is 0 Å². The minimum absolute atomic E-state index is 0.191. The molecule has 6 heteroatoms. The van der Waals surface area contributed by atoms with Crippen molar-refractivity contribution in [2.24, 2.45) is 0 Å². The average Bonchev–Trinajstić information content (AvgIpc) is 2.62. The lowest BCUT2D eigenvalue weighted by molar-refractivity contribution is -0.423. The van der Waals surface area contributed by atoms with Gasteiger partial charge in [0.15, 0.2) is 0 Å². The molecule has 0 spiro atoms. The summed E-state index contributed by atoms with van der Waals surface area (Å²) in [6.45, 7) is 8.69. The van der Waals surface area contributed by atoms with Gasteiger partial charge in [0.1, 0.15) is 11.7 Å². The monoisotopic (exact) mass is 352 g/mol. The Balaban J connectivity index is 2.51. The Morgan fingerprint density at radius 2 is 1.32 bits per heavy atom. The van der Waals surface area contributed by atoms with Crippen molar-refractivity contribution in [3.63, 3.8) is 0 Å². The second kappa shape index (κ2) is 8.27. The Morgan fingerprint density at radius 1 is 0.840 bits per heavy atom. The number of Topliss-reactive ketones (excluding diaryl/α,β-unsaturated/α-hetero) is 1. The molecule has 2 rings (SSSR count). The van der Waals surface area contributed by atoms with E-state index in [1.807, 2.05) is 52.0 Å². The molecule has 0 N–H and O–H groups in total. The average molecular weight is 352 g/mol. The lowest BCUT2D eigenvalue weighted by Gasteiger charge is -2.58. The van der Waals surface area contributed by atoms with Gasteiger partial charge in [-0.05, 0) is 45.4 Å². The van der Waals surface area contributed by atoms with E-state index in [1.54, 1.807) is 7.11 Å². The zero-order valence-electron chi connectivity index (χ0n) is 15.7. The minimum atomic E-state index is -1.55. The van der Waals surface area contributed by atoms with Crippen LogP contribution in [0.3, 0.4) is 0 Å². The number of rotatable bonds is 10. The zero-order chi connectivity index (χ0) is 18.5. The first-order valence-electron chi connectivity index (χ1n) is 8.80. The smallest absolute Gasteiger partial charge is 0.287 e. The molecule has 1 aliphatic rings. The van der Waals surface area contributed by atoms with Gasteiger partial charge in [-0.1, -0.05) is 12.1 Å². The van der Waals surface area contributed by atoms with E-state index in [0.717, 1.165) is 11.3 Å². The lowest BCUT2D eigenvalue weighted by atomic mass is 9.66. The molecule has 0 heterocycles. The molecule has 0 radical (unpaired) electrons. The quantitative estimate of drug-likeness (QED) is 0.603. The highest BCUT2D eigenvalue weighted by Gasteiger charge is 2.78. The fourth-order valence-corrected chi connectivity index (χ4v) is 3.43. The highest BCUT2D eigenvalue weighted by atomic mass is 16.8. The standard InChI is InChI=1S/C19H28O6/c1-6-22-18(23-7-2)16(14-10-12-15(21-5)13-11-14)17(20)19(18,24-8-3)25-9-4/h10-13,16H,6-9H2,1-5H3. The molecular formula is C19H28O6. The second-order valence-electron chi connectivity index (χ2n) is 5.59. The fraction of sp³-hybridized carbons (Fsp3) is 0.632. The van der Waals surface area contributed by atoms with Gasteiger partial charge in [0.2, 0.25) is 11.6 Å². The Labute approximate surface area is 149 Å². The van der Waals surface area contributed by atoms with Crippen molar-refractivity contribution in [2.75, 3.05) is 33.5 Å². The third-order valence-corrected chi connectivity index (χ3v) is 4.29. The molecule has 1 aromatic carbocycles. The lowest BCUT2D eigenvalue weighted by Crippen LogP contribution is -2.79. The SMILES string of the molecule is CCOC1(OCC)C(=O)C(c2ccc(OC)cc2)C1(OCC)OCC. The van der Waals surface area contributed by atoms with Crippen LogP contribution in [0.4, 0.5) is 0 Å². The highest BCUT2D eigenvalue weighted by Crippen LogP contribution is 2.56. The first kappa shape index (κ1) is 19.8. The third kappa shape index (κ3) is 3.08. The van der Waals surface area contributed by atoms with Crippen LogP contribution < -0.4 is 4.74 Å². The summed E-state index contributed by atoms with van der Waals surface area (Å²) in [6.07, 6.45) is 0. The topological polar surface area (TPSA) is 63.2 Å². The summed E-state index contributed by atoms with van der Waals surface area (Å²) in [7, 11) is 1.60. The van der Waals surface area contributed by atoms with Crippen LogP contribution in [0.1, 0.15) is 39.2 Å². The van der Waals surface area contributed by atoms with E-state index in [0.29, 0.717) is 26.4 Å². The van der Waals surface area contributed by atoms with Crippen LogP contribution in [0.25, 0.3) is 0 Å². The maximum atomic E-state index is 13.1. The van der Waals surface area contributed by atoms with Crippen LogP contribution in [0.2, 0.25) is 0 Å². The van der Waals surface area contributed by atoms with Crippen LogP contribution in [-0.2, 0) is 23.7 Å². The van der Waals surface area contributed by atoms with Gasteiger partial charge in [-0.25, -0.2) is 0 Å². The van der Waals surface area contributed by atoms with E-state index in [-0.39, 0.29) is 5.78 Å². The first-order chi connectivity index (χ1) is 12.1. The molecule has 0 aromatic heterocycles. The van der Waals surface area contributed by atoms with Gasteiger partial charge in [-0.3, -0.25) is 4.79 Å². The molecule has 6 nitrogen and oxygen atoms in total. The maximum Gasteiger partial charge on any atom is 0.287 e. The summed E-state index contributed by atoms with van der Waals surface area (Å²) in [4.78, 5) is 13.1. The number of hydrogen-bond acceptors (Lipinski definition) is 6. The van der Waals surface area contributed by atoms with Crippen LogP contribution in [0.5, 0.6) is 5.75 Å². The Kier molecular flexibility index (Phi) is 6.57. The Bertz CT molecular complexity index is 556. The van der Waals surface area contributed by atoms with Crippen molar-refractivity contribution < 1.29 is 28.5 Å². The molecular weight excluding hydrogens is 324 g/mol. The summed E-state index contributed by atoms with van der Waals surface area (Å²) in [6, 6.07) is 7.31. The molecule has 1 unspecified atom stereocenters. The fourth-order valence-electron chi connectivity index (χ4n) is 3.43. The van der Waals surface area contributed by atoms with E-state index < -0.39 is 17.5 Å². The summed E-state index contributed by atoms with van der Waals surface area (Å²) in [5, 5.41) is 0. The second-order valence-corrected chi connectivity index (χ2v) is 5.59. The summed E-state index contributed by atoms with van der Waals surface area (Å²) >= 11 is 0. The number of ether oxygens (including phenoxy) is 5. The number of ketones is 1. The van der Waals surface area contributed by atoms with Gasteiger partial charge in [0.25, 0.3) is 5.79 Å². The van der Waals surface area contributed by atoms with Crippen LogP contribution >= 0.6 is 0 Å². The zero-order valence-corrected chi connectivity index (χ0v) is 15.7. The number of hydrogen-bond donors (Lipinski definition) is 0. The van der Waals surface area contributed by atoms with Gasteiger partial charge in [-0.2, -0.15) is 0 Å². The van der Waals surface area contributed by atoms with Gasteiger partial charge in [0, 0.05) is 26.4 Å². The maximum absolute atomic E-state index is 13.1. The first-order valence-corrected chi connectivity index (χ1v) is 8.80. The largest absolute Gasteiger partial charge is 0.497 e. The van der Waals surface area contributed by atoms with Crippen LogP contribution in [-0.4, -0.2) is 50.9 Å². The van der Waals surface area contributed by atoms with Crippen molar-refractivity contribution in [3.05, 3.63) is 29.8 Å². The van der Waals surface area contributed by atoms with Gasteiger partial charge >= 0.3 is 0 Å². The Morgan fingerprint density at radius 3 is 1.72 bits per heavy atom. The molecule has 0 amide bonds. The predicted octanol–water partition coefficient (Wildman–Crippen LogP) is 2.90. The summed E-state index contributed by atoms with van der Waals surface area (Å²) in [5.74, 6) is -2.96. The number of benzene rings is 1. The van der Waals surface area contributed by atoms with E-state index >= 15 is 0 Å². The van der Waals surface area contributed by atoms with Crippen molar-refractivity contribution in [3.8, 4) is 5.75 Å². The van der Waals surface area contributed by atoms with E-state index in [2.05, 4.69) is 0 Å².